The van der Waals surface area contributed by atoms with Crippen molar-refractivity contribution < 1.29 is 13.7 Å². The van der Waals surface area contributed by atoms with Crippen LogP contribution >= 0.6 is 0 Å². The van der Waals surface area contributed by atoms with Gasteiger partial charge in [0.2, 0.25) is 5.95 Å². The maximum atomic E-state index is 14.1. The first-order valence-corrected chi connectivity index (χ1v) is 6.02. The van der Waals surface area contributed by atoms with Crippen molar-refractivity contribution in [3.8, 4) is 11.3 Å². The smallest absolute Gasteiger partial charge is 0.316 e. The lowest BCUT2D eigenvalue weighted by Gasteiger charge is -2.09. The molecule has 8 heteroatoms. The molecule has 6 nitrogen and oxygen atoms in total. The van der Waals surface area contributed by atoms with E-state index in [0.717, 1.165) is 0 Å². The molecule has 0 amide bonds. The van der Waals surface area contributed by atoms with Gasteiger partial charge in [-0.15, -0.1) is 0 Å². The third kappa shape index (κ3) is 2.51. The van der Waals surface area contributed by atoms with E-state index in [9.17, 15) is 18.9 Å². The highest BCUT2D eigenvalue weighted by atomic mass is 19.2. The number of hydrogen-bond acceptors (Lipinski definition) is 5. The van der Waals surface area contributed by atoms with Crippen LogP contribution in [-0.2, 0) is 0 Å². The molecule has 0 radical (unpaired) electrons. The monoisotopic (exact) mass is 294 g/mol. The van der Waals surface area contributed by atoms with Crippen LogP contribution < -0.4 is 5.32 Å². The fraction of sp³-hybridized carbons (Fsp3) is 0.231. The number of nitrogens with zero attached hydrogens (tertiary/aromatic N) is 3. The number of nitro groups is 1. The van der Waals surface area contributed by atoms with Gasteiger partial charge in [0.15, 0.2) is 17.3 Å². The average Bonchev–Trinajstić information content (AvgIpc) is 2.43. The van der Waals surface area contributed by atoms with Crippen molar-refractivity contribution >= 4 is 11.6 Å². The summed E-state index contributed by atoms with van der Waals surface area (Å²) in [5, 5.41) is 13.8. The van der Waals surface area contributed by atoms with Crippen LogP contribution in [0.1, 0.15) is 11.3 Å². The molecule has 0 bridgehead atoms. The molecule has 0 atom stereocenters. The van der Waals surface area contributed by atoms with Crippen molar-refractivity contribution in [2.75, 3.05) is 12.4 Å². The molecule has 0 aliphatic carbocycles. The van der Waals surface area contributed by atoms with Crippen molar-refractivity contribution in [3.63, 3.8) is 0 Å². The molecule has 0 spiro atoms. The van der Waals surface area contributed by atoms with Crippen LogP contribution in [0, 0.1) is 35.6 Å². The number of halogens is 2. The van der Waals surface area contributed by atoms with E-state index in [-0.39, 0.29) is 28.5 Å². The molecule has 1 heterocycles. The Hall–Kier alpha value is -2.64. The molecule has 2 rings (SSSR count). The Balaban J connectivity index is 2.82. The highest BCUT2D eigenvalue weighted by Crippen LogP contribution is 2.34. The number of nitrogens with one attached hydrogen (secondary N) is 1. The Labute approximate surface area is 119 Å². The zero-order chi connectivity index (χ0) is 15.7. The molecule has 1 aromatic heterocycles. The normalized spacial score (nSPS) is 10.5. The third-order valence-electron chi connectivity index (χ3n) is 3.00. The van der Waals surface area contributed by atoms with E-state index in [1.54, 1.807) is 0 Å². The van der Waals surface area contributed by atoms with Crippen molar-refractivity contribution in [2.24, 2.45) is 0 Å². The Kier molecular flexibility index (Phi) is 3.79. The van der Waals surface area contributed by atoms with E-state index < -0.39 is 22.2 Å². The lowest BCUT2D eigenvalue weighted by molar-refractivity contribution is -0.385. The van der Waals surface area contributed by atoms with Gasteiger partial charge in [0.25, 0.3) is 0 Å². The molecule has 0 saturated heterocycles. The fourth-order valence-electron chi connectivity index (χ4n) is 1.91. The van der Waals surface area contributed by atoms with Crippen molar-refractivity contribution in [3.05, 3.63) is 45.1 Å². The maximum absolute atomic E-state index is 14.1. The first-order chi connectivity index (χ1) is 9.86. The van der Waals surface area contributed by atoms with Gasteiger partial charge in [-0.1, -0.05) is 6.07 Å². The summed E-state index contributed by atoms with van der Waals surface area (Å²) in [6, 6.07) is 2.61. The minimum Gasteiger partial charge on any atom is -0.357 e. The molecule has 0 aliphatic rings. The molecule has 2 aromatic rings. The molecule has 0 fully saturated rings. The molecule has 0 unspecified atom stereocenters. The van der Waals surface area contributed by atoms with Crippen LogP contribution in [0.2, 0.25) is 0 Å². The lowest BCUT2D eigenvalue weighted by Crippen LogP contribution is -2.06. The third-order valence-corrected chi connectivity index (χ3v) is 3.00. The zero-order valence-corrected chi connectivity index (χ0v) is 11.6. The van der Waals surface area contributed by atoms with E-state index in [0.29, 0.717) is 0 Å². The van der Waals surface area contributed by atoms with E-state index in [4.69, 9.17) is 0 Å². The Morgan fingerprint density at radius 3 is 2.43 bits per heavy atom. The number of anilines is 1. The second-order valence-corrected chi connectivity index (χ2v) is 4.39. The number of benzene rings is 1. The second-order valence-electron chi connectivity index (χ2n) is 4.39. The van der Waals surface area contributed by atoms with Crippen LogP contribution in [0.3, 0.4) is 0 Å². The number of hydrogen-bond donors (Lipinski definition) is 1. The van der Waals surface area contributed by atoms with Crippen molar-refractivity contribution in [2.45, 2.75) is 13.8 Å². The summed E-state index contributed by atoms with van der Waals surface area (Å²) in [5.74, 6) is -2.13. The molecule has 1 aromatic carbocycles. The standard InChI is InChI=1S/C13H12F2N4O2/c1-6-4-5-8(10(15)9(6)14)11-12(19(20)21)7(2)17-13(16-3)18-11/h4-5H,1-3H3,(H,16,17,18). The summed E-state index contributed by atoms with van der Waals surface area (Å²) in [5.41, 5.74) is -0.801. The highest BCUT2D eigenvalue weighted by Gasteiger charge is 2.26. The SMILES string of the molecule is CNc1nc(C)c([N+](=O)[O-])c(-c2ccc(C)c(F)c2F)n1. The summed E-state index contributed by atoms with van der Waals surface area (Å²) in [7, 11) is 1.52. The zero-order valence-electron chi connectivity index (χ0n) is 11.6. The first-order valence-electron chi connectivity index (χ1n) is 6.02. The quantitative estimate of drug-likeness (QED) is 0.695. The molecule has 0 saturated carbocycles. The Morgan fingerprint density at radius 2 is 1.86 bits per heavy atom. The van der Waals surface area contributed by atoms with Gasteiger partial charge in [-0.25, -0.2) is 18.7 Å². The van der Waals surface area contributed by atoms with Gasteiger partial charge in [0.1, 0.15) is 5.69 Å². The highest BCUT2D eigenvalue weighted by molar-refractivity contribution is 5.72. The number of rotatable bonds is 3. The molecular formula is C13H12F2N4O2. The molecule has 21 heavy (non-hydrogen) atoms. The van der Waals surface area contributed by atoms with Crippen LogP contribution in [0.15, 0.2) is 12.1 Å². The molecular weight excluding hydrogens is 282 g/mol. The number of aromatic nitrogens is 2. The molecule has 1 N–H and O–H groups in total. The predicted octanol–water partition coefficient (Wildman–Crippen LogP) is 2.99. The minimum absolute atomic E-state index is 0.0646. The lowest BCUT2D eigenvalue weighted by atomic mass is 10.1. The second kappa shape index (κ2) is 5.39. The molecule has 110 valence electrons. The summed E-state index contributed by atoms with van der Waals surface area (Å²) in [6.45, 7) is 2.81. The average molecular weight is 294 g/mol. The van der Waals surface area contributed by atoms with Crippen LogP contribution in [0.25, 0.3) is 11.3 Å². The van der Waals surface area contributed by atoms with E-state index in [1.807, 2.05) is 0 Å². The molecule has 0 aliphatic heterocycles. The van der Waals surface area contributed by atoms with Gasteiger partial charge >= 0.3 is 5.69 Å². The van der Waals surface area contributed by atoms with Crippen LogP contribution in [0.4, 0.5) is 20.4 Å². The summed E-state index contributed by atoms with van der Waals surface area (Å²) >= 11 is 0. The van der Waals surface area contributed by atoms with Gasteiger partial charge in [-0.2, -0.15) is 0 Å². The van der Waals surface area contributed by atoms with Crippen LogP contribution in [0.5, 0.6) is 0 Å². The van der Waals surface area contributed by atoms with Crippen molar-refractivity contribution in [1.29, 1.82) is 0 Å². The summed E-state index contributed by atoms with van der Waals surface area (Å²) < 4.78 is 27.8. The topological polar surface area (TPSA) is 81.0 Å². The van der Waals surface area contributed by atoms with Gasteiger partial charge in [0.05, 0.1) is 4.92 Å². The van der Waals surface area contributed by atoms with E-state index in [1.165, 1.54) is 33.0 Å². The number of aryl methyl sites for hydroxylation is 2. The Morgan fingerprint density at radius 1 is 1.19 bits per heavy atom. The first kappa shape index (κ1) is 14.8. The van der Waals surface area contributed by atoms with Crippen molar-refractivity contribution in [1.82, 2.24) is 9.97 Å². The minimum atomic E-state index is -1.17. The predicted molar refractivity (Wildman–Crippen MR) is 73.1 cm³/mol. The van der Waals surface area contributed by atoms with Gasteiger partial charge < -0.3 is 5.32 Å². The summed E-state index contributed by atoms with van der Waals surface area (Å²) in [4.78, 5) is 18.3. The fourth-order valence-corrected chi connectivity index (χ4v) is 1.91. The maximum Gasteiger partial charge on any atom is 0.316 e. The Bertz CT molecular complexity index is 735. The van der Waals surface area contributed by atoms with E-state index >= 15 is 0 Å². The van der Waals surface area contributed by atoms with Gasteiger partial charge in [0, 0.05) is 12.6 Å². The van der Waals surface area contributed by atoms with E-state index in [2.05, 4.69) is 15.3 Å². The van der Waals surface area contributed by atoms with Gasteiger partial charge in [-0.05, 0) is 25.5 Å². The largest absolute Gasteiger partial charge is 0.357 e. The van der Waals surface area contributed by atoms with Gasteiger partial charge in [-0.3, -0.25) is 10.1 Å². The summed E-state index contributed by atoms with van der Waals surface area (Å²) in [6.07, 6.45) is 0. The van der Waals surface area contributed by atoms with Crippen LogP contribution in [-0.4, -0.2) is 21.9 Å².